The summed E-state index contributed by atoms with van der Waals surface area (Å²) in [7, 11) is 0. The van der Waals surface area contributed by atoms with Crippen molar-refractivity contribution in [3.05, 3.63) is 88.4 Å². The zero-order valence-corrected chi connectivity index (χ0v) is 20.9. The van der Waals surface area contributed by atoms with Gasteiger partial charge in [-0.1, -0.05) is 49.2 Å². The maximum atomic E-state index is 12.1. The highest BCUT2D eigenvalue weighted by atomic mass is 35.5. The highest BCUT2D eigenvalue weighted by molar-refractivity contribution is 6.30. The molecule has 0 radical (unpaired) electrons. The van der Waals surface area contributed by atoms with E-state index in [-0.39, 0.29) is 12.5 Å². The Balaban J connectivity index is 1.49. The van der Waals surface area contributed by atoms with E-state index in [2.05, 4.69) is 17.5 Å². The molecule has 0 aromatic heterocycles. The molecule has 0 spiro atoms. The largest absolute Gasteiger partial charge is 0.490 e. The van der Waals surface area contributed by atoms with Gasteiger partial charge in [-0.2, -0.15) is 5.10 Å². The Bertz CT molecular complexity index is 1100. The van der Waals surface area contributed by atoms with Crippen LogP contribution in [0.25, 0.3) is 0 Å². The molecule has 35 heavy (non-hydrogen) atoms. The van der Waals surface area contributed by atoms with Crippen LogP contribution in [0.4, 0.5) is 0 Å². The quantitative estimate of drug-likeness (QED) is 0.227. The fourth-order valence-electron chi connectivity index (χ4n) is 3.23. The third-order valence-electron chi connectivity index (χ3n) is 5.09. The van der Waals surface area contributed by atoms with Gasteiger partial charge in [0.2, 0.25) is 0 Å². The summed E-state index contributed by atoms with van der Waals surface area (Å²) in [6, 6.07) is 20.8. The van der Waals surface area contributed by atoms with Crippen LogP contribution in [0, 0.1) is 0 Å². The normalized spacial score (nSPS) is 10.8. The van der Waals surface area contributed by atoms with Crippen molar-refractivity contribution in [1.82, 2.24) is 5.43 Å². The van der Waals surface area contributed by atoms with Gasteiger partial charge in [-0.05, 0) is 78.9 Å². The number of unbranched alkanes of at least 4 members (excludes halogenated alkanes) is 1. The van der Waals surface area contributed by atoms with E-state index in [0.29, 0.717) is 35.5 Å². The van der Waals surface area contributed by atoms with E-state index >= 15 is 0 Å². The van der Waals surface area contributed by atoms with Crippen molar-refractivity contribution in [3.8, 4) is 17.2 Å². The lowest BCUT2D eigenvalue weighted by Crippen LogP contribution is -2.24. The summed E-state index contributed by atoms with van der Waals surface area (Å²) in [6.45, 7) is 4.84. The van der Waals surface area contributed by atoms with Gasteiger partial charge in [-0.15, -0.1) is 0 Å². The van der Waals surface area contributed by atoms with Gasteiger partial charge in [-0.3, -0.25) is 4.79 Å². The molecule has 3 rings (SSSR count). The zero-order chi connectivity index (χ0) is 24.9. The minimum atomic E-state index is -0.343. The topological polar surface area (TPSA) is 69.2 Å². The molecule has 0 aliphatic carbocycles. The minimum Gasteiger partial charge on any atom is -0.490 e. The number of hydrogen-bond donors (Lipinski definition) is 1. The number of carbonyl (C=O) groups is 1. The standard InChI is InChI=1S/C28H31ClN2O4/c1-3-5-6-21-9-14-25(15-10-21)34-20-28(32)31-30-18-23-11-16-26(27(17-23)33-4-2)35-19-22-7-12-24(29)13-8-22/h7-18H,3-6,19-20H2,1-2H3,(H,31,32)/b30-18+. The molecule has 0 unspecified atom stereocenters. The molecule has 6 nitrogen and oxygen atoms in total. The van der Waals surface area contributed by atoms with Crippen LogP contribution in [0.15, 0.2) is 71.8 Å². The van der Waals surface area contributed by atoms with Crippen molar-refractivity contribution in [1.29, 1.82) is 0 Å². The Hall–Kier alpha value is -3.51. The number of rotatable bonds is 13. The summed E-state index contributed by atoms with van der Waals surface area (Å²) in [5.41, 5.74) is 5.51. The van der Waals surface area contributed by atoms with Gasteiger partial charge in [0.1, 0.15) is 12.4 Å². The fraction of sp³-hybridized carbons (Fsp3) is 0.286. The second-order valence-corrected chi connectivity index (χ2v) is 8.32. The van der Waals surface area contributed by atoms with E-state index in [1.54, 1.807) is 6.21 Å². The number of amides is 1. The average Bonchev–Trinajstić information content (AvgIpc) is 2.87. The van der Waals surface area contributed by atoms with Crippen molar-refractivity contribution in [3.63, 3.8) is 0 Å². The molecule has 0 heterocycles. The maximum absolute atomic E-state index is 12.1. The smallest absolute Gasteiger partial charge is 0.277 e. The molecular weight excluding hydrogens is 464 g/mol. The average molecular weight is 495 g/mol. The summed E-state index contributed by atoms with van der Waals surface area (Å²) in [5.74, 6) is 1.53. The van der Waals surface area contributed by atoms with Crippen molar-refractivity contribution in [2.24, 2.45) is 5.10 Å². The second-order valence-electron chi connectivity index (χ2n) is 7.88. The van der Waals surface area contributed by atoms with E-state index in [4.69, 9.17) is 25.8 Å². The third-order valence-corrected chi connectivity index (χ3v) is 5.34. The minimum absolute atomic E-state index is 0.118. The van der Waals surface area contributed by atoms with E-state index < -0.39 is 0 Å². The lowest BCUT2D eigenvalue weighted by molar-refractivity contribution is -0.123. The molecule has 0 atom stereocenters. The molecule has 0 saturated carbocycles. The Morgan fingerprint density at radius 1 is 0.914 bits per heavy atom. The van der Waals surface area contributed by atoms with Crippen LogP contribution in [0.2, 0.25) is 5.02 Å². The lowest BCUT2D eigenvalue weighted by Gasteiger charge is -2.12. The van der Waals surface area contributed by atoms with Crippen molar-refractivity contribution in [2.75, 3.05) is 13.2 Å². The second kappa shape index (κ2) is 14.0. The highest BCUT2D eigenvalue weighted by Gasteiger charge is 2.07. The Morgan fingerprint density at radius 2 is 1.66 bits per heavy atom. The molecule has 1 amide bonds. The number of halogens is 1. The van der Waals surface area contributed by atoms with Gasteiger partial charge >= 0.3 is 0 Å². The Labute approximate surface area is 211 Å². The number of aryl methyl sites for hydroxylation is 1. The molecule has 1 N–H and O–H groups in total. The molecule has 0 bridgehead atoms. The first kappa shape index (κ1) is 26.1. The van der Waals surface area contributed by atoms with Crippen molar-refractivity contribution < 1.29 is 19.0 Å². The van der Waals surface area contributed by atoms with Crippen LogP contribution in [0.3, 0.4) is 0 Å². The van der Waals surface area contributed by atoms with Crippen LogP contribution in [0.1, 0.15) is 43.4 Å². The number of benzene rings is 3. The number of nitrogens with zero attached hydrogens (tertiary/aromatic N) is 1. The SMILES string of the molecule is CCCCc1ccc(OCC(=O)N/N=C/c2ccc(OCc3ccc(Cl)cc3)c(OCC)c2)cc1. The Kier molecular flexibility index (Phi) is 10.5. The summed E-state index contributed by atoms with van der Waals surface area (Å²) in [5, 5.41) is 4.70. The first-order chi connectivity index (χ1) is 17.1. The summed E-state index contributed by atoms with van der Waals surface area (Å²) < 4.78 is 17.2. The molecule has 3 aromatic rings. The zero-order valence-electron chi connectivity index (χ0n) is 20.1. The molecule has 0 saturated heterocycles. The molecule has 0 fully saturated rings. The van der Waals surface area contributed by atoms with E-state index in [9.17, 15) is 4.79 Å². The van der Waals surface area contributed by atoms with E-state index in [1.807, 2.05) is 73.7 Å². The maximum Gasteiger partial charge on any atom is 0.277 e. The third kappa shape index (κ3) is 8.98. The molecular formula is C28H31ClN2O4. The van der Waals surface area contributed by atoms with Crippen LogP contribution < -0.4 is 19.6 Å². The number of carbonyl (C=O) groups excluding carboxylic acids is 1. The van der Waals surface area contributed by atoms with Gasteiger partial charge < -0.3 is 14.2 Å². The van der Waals surface area contributed by atoms with Crippen LogP contribution in [0.5, 0.6) is 17.2 Å². The molecule has 3 aromatic carbocycles. The van der Waals surface area contributed by atoms with Gasteiger partial charge in [-0.25, -0.2) is 5.43 Å². The first-order valence-electron chi connectivity index (χ1n) is 11.7. The van der Waals surface area contributed by atoms with Crippen LogP contribution in [-0.4, -0.2) is 25.3 Å². The molecule has 0 aliphatic heterocycles. The van der Waals surface area contributed by atoms with Gasteiger partial charge in [0.05, 0.1) is 12.8 Å². The monoisotopic (exact) mass is 494 g/mol. The number of hydrogen-bond acceptors (Lipinski definition) is 5. The van der Waals surface area contributed by atoms with Gasteiger partial charge in [0, 0.05) is 5.02 Å². The summed E-state index contributed by atoms with van der Waals surface area (Å²) >= 11 is 5.93. The molecule has 0 aliphatic rings. The first-order valence-corrected chi connectivity index (χ1v) is 12.1. The van der Waals surface area contributed by atoms with E-state index in [0.717, 1.165) is 30.4 Å². The predicted octanol–water partition coefficient (Wildman–Crippen LogP) is 6.19. The summed E-state index contributed by atoms with van der Waals surface area (Å²) in [4.78, 5) is 12.1. The molecule has 184 valence electrons. The van der Waals surface area contributed by atoms with Gasteiger partial charge in [0.15, 0.2) is 18.1 Å². The van der Waals surface area contributed by atoms with Crippen molar-refractivity contribution >= 4 is 23.7 Å². The highest BCUT2D eigenvalue weighted by Crippen LogP contribution is 2.29. The summed E-state index contributed by atoms with van der Waals surface area (Å²) in [6.07, 6.45) is 4.92. The van der Waals surface area contributed by atoms with Gasteiger partial charge in [0.25, 0.3) is 5.91 Å². The number of hydrazone groups is 1. The number of nitrogens with one attached hydrogen (secondary N) is 1. The lowest BCUT2D eigenvalue weighted by atomic mass is 10.1. The Morgan fingerprint density at radius 3 is 2.37 bits per heavy atom. The molecule has 7 heteroatoms. The van der Waals surface area contributed by atoms with Crippen molar-refractivity contribution in [2.45, 2.75) is 39.7 Å². The van der Waals surface area contributed by atoms with E-state index in [1.165, 1.54) is 5.56 Å². The van der Waals surface area contributed by atoms with Crippen LogP contribution in [-0.2, 0) is 17.8 Å². The number of ether oxygens (including phenoxy) is 3. The fourth-order valence-corrected chi connectivity index (χ4v) is 3.35. The predicted molar refractivity (Wildman–Crippen MR) is 140 cm³/mol. The van der Waals surface area contributed by atoms with Crippen LogP contribution >= 0.6 is 11.6 Å².